The van der Waals surface area contributed by atoms with Gasteiger partial charge < -0.3 is 4.90 Å². The molecule has 0 aliphatic carbocycles. The third-order valence-electron chi connectivity index (χ3n) is 3.40. The third-order valence-corrected chi connectivity index (χ3v) is 3.65. The van der Waals surface area contributed by atoms with Crippen LogP contribution in [0.25, 0.3) is 0 Å². The van der Waals surface area contributed by atoms with Crippen molar-refractivity contribution < 1.29 is 0 Å². The lowest BCUT2D eigenvalue weighted by Crippen LogP contribution is -2.24. The van der Waals surface area contributed by atoms with Crippen LogP contribution < -0.4 is 4.90 Å². The van der Waals surface area contributed by atoms with Gasteiger partial charge in [-0.3, -0.25) is 0 Å². The molecule has 0 amide bonds. The van der Waals surface area contributed by atoms with Crippen LogP contribution in [0.5, 0.6) is 0 Å². The SMILES string of the molecule is CCCN(CCC)c1ccc(C)cc1.Cc1ccc(Cl)cc1. The van der Waals surface area contributed by atoms with Crippen LogP contribution in [0, 0.1) is 13.8 Å². The molecule has 0 N–H and O–H groups in total. The molecule has 0 saturated carbocycles. The highest BCUT2D eigenvalue weighted by molar-refractivity contribution is 6.30. The summed E-state index contributed by atoms with van der Waals surface area (Å²) in [5, 5.41) is 0.801. The quantitative estimate of drug-likeness (QED) is 0.628. The molecule has 0 aliphatic heterocycles. The van der Waals surface area contributed by atoms with E-state index in [-0.39, 0.29) is 0 Å². The smallest absolute Gasteiger partial charge is 0.0406 e. The Morgan fingerprint density at radius 2 is 1.14 bits per heavy atom. The number of aryl methyl sites for hydroxylation is 2. The molecule has 2 aromatic carbocycles. The van der Waals surface area contributed by atoms with Gasteiger partial charge in [0.15, 0.2) is 0 Å². The Labute approximate surface area is 140 Å². The van der Waals surface area contributed by atoms with Crippen molar-refractivity contribution in [3.8, 4) is 0 Å². The normalized spacial score (nSPS) is 9.86. The molecular formula is C20H28ClN. The first kappa shape index (κ1) is 18.6. The topological polar surface area (TPSA) is 3.24 Å². The number of hydrogen-bond acceptors (Lipinski definition) is 1. The molecule has 0 bridgehead atoms. The zero-order valence-electron chi connectivity index (χ0n) is 14.3. The van der Waals surface area contributed by atoms with Gasteiger partial charge in [-0.1, -0.05) is 60.8 Å². The molecular weight excluding hydrogens is 290 g/mol. The lowest BCUT2D eigenvalue weighted by atomic mass is 10.2. The molecule has 0 unspecified atom stereocenters. The lowest BCUT2D eigenvalue weighted by Gasteiger charge is -2.23. The van der Waals surface area contributed by atoms with Crippen LogP contribution in [0.1, 0.15) is 37.8 Å². The zero-order chi connectivity index (χ0) is 16.4. The van der Waals surface area contributed by atoms with Gasteiger partial charge in [0.1, 0.15) is 0 Å². The second-order valence-corrected chi connectivity index (χ2v) is 6.05. The molecule has 120 valence electrons. The molecule has 0 atom stereocenters. The van der Waals surface area contributed by atoms with Crippen LogP contribution in [-0.2, 0) is 0 Å². The van der Waals surface area contributed by atoms with Gasteiger partial charge in [-0.25, -0.2) is 0 Å². The van der Waals surface area contributed by atoms with E-state index >= 15 is 0 Å². The van der Waals surface area contributed by atoms with E-state index in [1.165, 1.54) is 29.7 Å². The first-order valence-corrected chi connectivity index (χ1v) is 8.48. The predicted molar refractivity (Wildman–Crippen MR) is 100 cm³/mol. The monoisotopic (exact) mass is 317 g/mol. The Kier molecular flexibility index (Phi) is 8.69. The molecule has 0 saturated heterocycles. The fraction of sp³-hybridized carbons (Fsp3) is 0.400. The van der Waals surface area contributed by atoms with Crippen molar-refractivity contribution in [2.24, 2.45) is 0 Å². The Hall–Kier alpha value is -1.47. The van der Waals surface area contributed by atoms with E-state index in [2.05, 4.69) is 49.9 Å². The maximum atomic E-state index is 5.61. The van der Waals surface area contributed by atoms with Gasteiger partial charge in [0.2, 0.25) is 0 Å². The van der Waals surface area contributed by atoms with Crippen LogP contribution in [-0.4, -0.2) is 13.1 Å². The van der Waals surface area contributed by atoms with E-state index in [1.807, 2.05) is 31.2 Å². The minimum Gasteiger partial charge on any atom is -0.372 e. The molecule has 22 heavy (non-hydrogen) atoms. The summed E-state index contributed by atoms with van der Waals surface area (Å²) in [7, 11) is 0. The second kappa shape index (κ2) is 10.3. The maximum Gasteiger partial charge on any atom is 0.0406 e. The van der Waals surface area contributed by atoms with E-state index < -0.39 is 0 Å². The first-order chi connectivity index (χ1) is 10.6. The molecule has 0 spiro atoms. The largest absolute Gasteiger partial charge is 0.372 e. The number of anilines is 1. The van der Waals surface area contributed by atoms with Gasteiger partial charge >= 0.3 is 0 Å². The Morgan fingerprint density at radius 3 is 1.50 bits per heavy atom. The average molecular weight is 318 g/mol. The summed E-state index contributed by atoms with van der Waals surface area (Å²) in [6.45, 7) is 11.0. The number of hydrogen-bond donors (Lipinski definition) is 0. The van der Waals surface area contributed by atoms with E-state index in [9.17, 15) is 0 Å². The highest BCUT2D eigenvalue weighted by atomic mass is 35.5. The highest BCUT2D eigenvalue weighted by Crippen LogP contribution is 2.15. The maximum absolute atomic E-state index is 5.61. The molecule has 0 radical (unpaired) electrons. The summed E-state index contributed by atoms with van der Waals surface area (Å²) in [6.07, 6.45) is 2.43. The van der Waals surface area contributed by atoms with Crippen molar-refractivity contribution in [3.63, 3.8) is 0 Å². The number of benzene rings is 2. The summed E-state index contributed by atoms with van der Waals surface area (Å²) in [5.74, 6) is 0. The zero-order valence-corrected chi connectivity index (χ0v) is 15.0. The van der Waals surface area contributed by atoms with Crippen LogP contribution in [0.3, 0.4) is 0 Å². The number of nitrogens with zero attached hydrogens (tertiary/aromatic N) is 1. The summed E-state index contributed by atoms with van der Waals surface area (Å²) >= 11 is 5.61. The Morgan fingerprint density at radius 1 is 0.727 bits per heavy atom. The van der Waals surface area contributed by atoms with Gasteiger partial charge in [-0.2, -0.15) is 0 Å². The molecule has 0 aromatic heterocycles. The van der Waals surface area contributed by atoms with Crippen molar-refractivity contribution in [2.45, 2.75) is 40.5 Å². The van der Waals surface area contributed by atoms with Crippen molar-refractivity contribution in [3.05, 3.63) is 64.7 Å². The number of rotatable bonds is 5. The first-order valence-electron chi connectivity index (χ1n) is 8.10. The minimum atomic E-state index is 0.801. The fourth-order valence-corrected chi connectivity index (χ4v) is 2.32. The molecule has 2 rings (SSSR count). The summed E-state index contributed by atoms with van der Waals surface area (Å²) in [5.41, 5.74) is 3.94. The Bertz CT molecular complexity index is 489. The molecule has 0 heterocycles. The third kappa shape index (κ3) is 7.00. The van der Waals surface area contributed by atoms with Crippen molar-refractivity contribution in [1.82, 2.24) is 0 Å². The molecule has 1 nitrogen and oxygen atoms in total. The van der Waals surface area contributed by atoms with E-state index in [0.29, 0.717) is 0 Å². The lowest BCUT2D eigenvalue weighted by molar-refractivity contribution is 0.745. The number of halogens is 1. The average Bonchev–Trinajstić information content (AvgIpc) is 2.52. The van der Waals surface area contributed by atoms with Crippen LogP contribution in [0.2, 0.25) is 5.02 Å². The van der Waals surface area contributed by atoms with E-state index in [0.717, 1.165) is 18.1 Å². The van der Waals surface area contributed by atoms with Gasteiger partial charge in [-0.15, -0.1) is 0 Å². The van der Waals surface area contributed by atoms with Gasteiger partial charge in [-0.05, 0) is 51.0 Å². The Balaban J connectivity index is 0.000000255. The van der Waals surface area contributed by atoms with Crippen LogP contribution in [0.4, 0.5) is 5.69 Å². The van der Waals surface area contributed by atoms with Crippen molar-refractivity contribution in [2.75, 3.05) is 18.0 Å². The summed E-state index contributed by atoms with van der Waals surface area (Å²) < 4.78 is 0. The minimum absolute atomic E-state index is 0.801. The van der Waals surface area contributed by atoms with Crippen molar-refractivity contribution in [1.29, 1.82) is 0 Å². The molecule has 2 heteroatoms. The molecule has 2 aromatic rings. The van der Waals surface area contributed by atoms with Crippen LogP contribution in [0.15, 0.2) is 48.5 Å². The van der Waals surface area contributed by atoms with Crippen LogP contribution >= 0.6 is 11.6 Å². The van der Waals surface area contributed by atoms with Gasteiger partial charge in [0, 0.05) is 23.8 Å². The van der Waals surface area contributed by atoms with Gasteiger partial charge in [0.05, 0.1) is 0 Å². The fourth-order valence-electron chi connectivity index (χ4n) is 2.20. The van der Waals surface area contributed by atoms with E-state index in [1.54, 1.807) is 0 Å². The highest BCUT2D eigenvalue weighted by Gasteiger charge is 2.02. The molecule has 0 aliphatic rings. The predicted octanol–water partition coefficient (Wildman–Crippen LogP) is 6.27. The van der Waals surface area contributed by atoms with E-state index in [4.69, 9.17) is 11.6 Å². The van der Waals surface area contributed by atoms with Gasteiger partial charge in [0.25, 0.3) is 0 Å². The van der Waals surface area contributed by atoms with Crippen molar-refractivity contribution >= 4 is 17.3 Å². The standard InChI is InChI=1S/C13H21N.C7H7Cl/c1-4-10-14(11-5-2)13-8-6-12(3)7-9-13;1-6-2-4-7(8)5-3-6/h6-9H,4-5,10-11H2,1-3H3;2-5H,1H3. The second-order valence-electron chi connectivity index (χ2n) is 5.62. The molecule has 0 fully saturated rings. The summed E-state index contributed by atoms with van der Waals surface area (Å²) in [4.78, 5) is 2.46. The summed E-state index contributed by atoms with van der Waals surface area (Å²) in [6, 6.07) is 16.6.